The van der Waals surface area contributed by atoms with Crippen LogP contribution in [0.25, 0.3) is 0 Å². The minimum absolute atomic E-state index is 0.0300. The van der Waals surface area contributed by atoms with E-state index in [1.807, 2.05) is 65.6 Å². The quantitative estimate of drug-likeness (QED) is 0.114. The van der Waals surface area contributed by atoms with Crippen LogP contribution in [-0.4, -0.2) is 150 Å². The lowest BCUT2D eigenvalue weighted by molar-refractivity contribution is -0.147. The van der Waals surface area contributed by atoms with E-state index in [4.69, 9.17) is 0 Å². The number of nitrogens with zero attached hydrogens (tertiary/aromatic N) is 4. The number of rotatable bonds is 21. The number of carbonyl (C=O) groups excluding carboxylic acids is 7. The highest BCUT2D eigenvalue weighted by atomic mass is 16.2. The predicted octanol–water partition coefficient (Wildman–Crippen LogP) is 4.18. The second-order valence-corrected chi connectivity index (χ2v) is 19.8. The monoisotopic (exact) mass is 954 g/mol. The molecule has 16 nitrogen and oxygen atoms in total. The molecule has 8 atom stereocenters. The SMILES string of the molecule is CN[C@@H](C)C(=O)N[C@H]1CN(C(=O)CCCCCCCCCCC(=O)N2CC[C@H]3CC[C@@H](C(=O)NC(c4ccccc4)c4ccccc4)N3C(=O)[C@@H](NC(=O)[C@H](C)NC)C2)CC[C@H]2CC[C@@H](C)N2C1=O. The first kappa shape index (κ1) is 53.0. The van der Waals surface area contributed by atoms with Crippen molar-refractivity contribution in [3.63, 3.8) is 0 Å². The maximum Gasteiger partial charge on any atom is 0.247 e. The zero-order chi connectivity index (χ0) is 49.5. The van der Waals surface area contributed by atoms with Gasteiger partial charge in [0.05, 0.1) is 18.1 Å². The van der Waals surface area contributed by atoms with Gasteiger partial charge in [-0.2, -0.15) is 0 Å². The Kier molecular flexibility index (Phi) is 20.0. The Balaban J connectivity index is 0.942. The highest BCUT2D eigenvalue weighted by Crippen LogP contribution is 2.32. The van der Waals surface area contributed by atoms with E-state index in [2.05, 4.69) is 33.5 Å². The highest BCUT2D eigenvalue weighted by molar-refractivity contribution is 5.95. The minimum atomic E-state index is -1.00. The fourth-order valence-corrected chi connectivity index (χ4v) is 10.6. The molecule has 0 bridgehead atoms. The molecule has 0 aliphatic carbocycles. The summed E-state index contributed by atoms with van der Waals surface area (Å²) in [5.74, 6) is -1.29. The van der Waals surface area contributed by atoms with Crippen LogP contribution in [0.2, 0.25) is 0 Å². The number of carbonyl (C=O) groups is 7. The molecule has 4 aliphatic heterocycles. The molecule has 6 rings (SSSR count). The lowest BCUT2D eigenvalue weighted by Gasteiger charge is -2.39. The van der Waals surface area contributed by atoms with E-state index in [1.165, 1.54) is 0 Å². The van der Waals surface area contributed by atoms with E-state index in [-0.39, 0.29) is 72.6 Å². The van der Waals surface area contributed by atoms with Crippen molar-refractivity contribution in [2.45, 2.75) is 178 Å². The normalized spacial score (nSPS) is 23.8. The minimum Gasteiger partial charge on any atom is -0.343 e. The first-order valence-electron chi connectivity index (χ1n) is 25.9. The smallest absolute Gasteiger partial charge is 0.247 e. The lowest BCUT2D eigenvalue weighted by Crippen LogP contribution is -2.62. The number of fused-ring (bicyclic) bond motifs is 2. The number of hydrogen-bond acceptors (Lipinski definition) is 9. The number of amides is 7. The summed E-state index contributed by atoms with van der Waals surface area (Å²) in [4.78, 5) is 103. The lowest BCUT2D eigenvalue weighted by atomic mass is 9.98. The van der Waals surface area contributed by atoms with Gasteiger partial charge >= 0.3 is 0 Å². The van der Waals surface area contributed by atoms with Crippen LogP contribution >= 0.6 is 0 Å². The van der Waals surface area contributed by atoms with Crippen molar-refractivity contribution in [2.24, 2.45) is 0 Å². The molecule has 0 spiro atoms. The third kappa shape index (κ3) is 14.1. The van der Waals surface area contributed by atoms with E-state index in [1.54, 1.807) is 42.6 Å². The van der Waals surface area contributed by atoms with Gasteiger partial charge in [-0.3, -0.25) is 33.6 Å². The number of benzene rings is 2. The second kappa shape index (κ2) is 26.0. The van der Waals surface area contributed by atoms with Gasteiger partial charge < -0.3 is 46.2 Å². The molecule has 4 fully saturated rings. The fourth-order valence-electron chi connectivity index (χ4n) is 10.6. The Morgan fingerprint density at radius 1 is 0.565 bits per heavy atom. The van der Waals surface area contributed by atoms with Gasteiger partial charge in [-0.25, -0.2) is 0 Å². The van der Waals surface area contributed by atoms with E-state index in [0.717, 1.165) is 81.8 Å². The highest BCUT2D eigenvalue weighted by Gasteiger charge is 2.46. The van der Waals surface area contributed by atoms with Gasteiger partial charge in [0.2, 0.25) is 41.4 Å². The third-order valence-electron chi connectivity index (χ3n) is 15.0. The summed E-state index contributed by atoms with van der Waals surface area (Å²) < 4.78 is 0. The summed E-state index contributed by atoms with van der Waals surface area (Å²) in [5.41, 5.74) is 1.86. The molecule has 7 amide bonds. The van der Waals surface area contributed by atoms with Crippen molar-refractivity contribution in [3.8, 4) is 0 Å². The molecule has 0 aromatic heterocycles. The molecule has 378 valence electrons. The number of hydrogen-bond donors (Lipinski definition) is 5. The molecular weight excluding hydrogens is 875 g/mol. The Morgan fingerprint density at radius 2 is 0.986 bits per heavy atom. The van der Waals surface area contributed by atoms with Crippen LogP contribution in [-0.2, 0) is 33.6 Å². The Hall–Kier alpha value is -5.35. The van der Waals surface area contributed by atoms with Crippen molar-refractivity contribution in [3.05, 3.63) is 71.8 Å². The average Bonchev–Trinajstić information content (AvgIpc) is 3.95. The van der Waals surface area contributed by atoms with E-state index in [0.29, 0.717) is 45.2 Å². The van der Waals surface area contributed by atoms with Crippen molar-refractivity contribution >= 4 is 41.4 Å². The van der Waals surface area contributed by atoms with Gasteiger partial charge in [0.25, 0.3) is 0 Å². The Bertz CT molecular complexity index is 2000. The molecule has 4 saturated heterocycles. The van der Waals surface area contributed by atoms with Gasteiger partial charge in [0, 0.05) is 57.1 Å². The summed E-state index contributed by atoms with van der Waals surface area (Å²) in [7, 11) is 3.38. The van der Waals surface area contributed by atoms with Gasteiger partial charge in [-0.05, 0) is 97.4 Å². The van der Waals surface area contributed by atoms with Crippen molar-refractivity contribution < 1.29 is 33.6 Å². The molecule has 16 heteroatoms. The summed E-state index contributed by atoms with van der Waals surface area (Å²) in [6.07, 6.45) is 12.4. The third-order valence-corrected chi connectivity index (χ3v) is 15.0. The summed E-state index contributed by atoms with van der Waals surface area (Å²) in [6, 6.07) is 15.6. The molecule has 2 aromatic rings. The molecule has 5 N–H and O–H groups in total. The van der Waals surface area contributed by atoms with Crippen LogP contribution in [0.5, 0.6) is 0 Å². The van der Waals surface area contributed by atoms with Gasteiger partial charge in [-0.1, -0.05) is 99.2 Å². The molecule has 4 heterocycles. The van der Waals surface area contributed by atoms with Crippen molar-refractivity contribution in [1.29, 1.82) is 0 Å². The fraction of sp³-hybridized carbons (Fsp3) is 0.642. The standard InChI is InChI=1S/C53H79N9O7/c1-36-26-27-41-30-32-59(34-43(52(68)61(36)41)56-49(65)37(2)54-4)46(63)24-18-10-8-6-7-9-11-19-25-47(64)60-33-31-42-28-29-45(62(42)53(69)44(35-60)57-50(66)38(3)55-5)51(67)58-48(39-20-14-12-15-21-39)40-22-16-13-17-23-40/h12-17,20-23,36-38,41-45,48,54-55H,6-11,18-19,24-35H2,1-5H3,(H,56,65)(H,57,66)(H,58,67)/t36-,37+,38+,41-,42-,43+,44+,45+/m1/s1. The first-order valence-corrected chi connectivity index (χ1v) is 25.9. The number of unbranched alkanes of at least 4 members (excludes halogenated alkanes) is 7. The summed E-state index contributed by atoms with van der Waals surface area (Å²) >= 11 is 0. The van der Waals surface area contributed by atoms with E-state index >= 15 is 0 Å². The molecule has 0 radical (unpaired) electrons. The summed E-state index contributed by atoms with van der Waals surface area (Å²) in [5, 5.41) is 15.0. The summed E-state index contributed by atoms with van der Waals surface area (Å²) in [6.45, 7) is 6.75. The van der Waals surface area contributed by atoms with Crippen LogP contribution < -0.4 is 26.6 Å². The molecule has 69 heavy (non-hydrogen) atoms. The Labute approximate surface area is 409 Å². The maximum atomic E-state index is 14.5. The number of likely N-dealkylation sites (N-methyl/N-ethyl adjacent to an activating group) is 2. The molecule has 4 aliphatic rings. The van der Waals surface area contributed by atoms with E-state index < -0.39 is 36.3 Å². The maximum absolute atomic E-state index is 14.5. The van der Waals surface area contributed by atoms with Crippen LogP contribution in [0.15, 0.2) is 60.7 Å². The average molecular weight is 954 g/mol. The van der Waals surface area contributed by atoms with E-state index in [9.17, 15) is 33.6 Å². The molecule has 0 unspecified atom stereocenters. The van der Waals surface area contributed by atoms with Crippen LogP contribution in [0, 0.1) is 0 Å². The molecular formula is C53H79N9O7. The van der Waals surface area contributed by atoms with Crippen LogP contribution in [0.1, 0.15) is 141 Å². The Morgan fingerprint density at radius 3 is 1.45 bits per heavy atom. The zero-order valence-corrected chi connectivity index (χ0v) is 41.8. The molecule has 2 aromatic carbocycles. The van der Waals surface area contributed by atoms with Crippen molar-refractivity contribution in [2.75, 3.05) is 40.3 Å². The van der Waals surface area contributed by atoms with Crippen LogP contribution in [0.4, 0.5) is 0 Å². The van der Waals surface area contributed by atoms with Gasteiger partial charge in [0.15, 0.2) is 0 Å². The zero-order valence-electron chi connectivity index (χ0n) is 41.8. The molecule has 0 saturated carbocycles. The van der Waals surface area contributed by atoms with Gasteiger partial charge in [0.1, 0.15) is 18.1 Å². The second-order valence-electron chi connectivity index (χ2n) is 19.8. The first-order chi connectivity index (χ1) is 33.3. The number of nitrogens with one attached hydrogen (secondary N) is 5. The van der Waals surface area contributed by atoms with Crippen LogP contribution in [0.3, 0.4) is 0 Å². The predicted molar refractivity (Wildman–Crippen MR) is 265 cm³/mol. The van der Waals surface area contributed by atoms with Gasteiger partial charge in [-0.15, -0.1) is 0 Å². The largest absolute Gasteiger partial charge is 0.343 e. The topological polar surface area (TPSA) is 193 Å². The van der Waals surface area contributed by atoms with Crippen molar-refractivity contribution in [1.82, 2.24) is 46.2 Å².